The molecule has 0 heterocycles. The van der Waals surface area contributed by atoms with Gasteiger partial charge in [-0.25, -0.2) is 0 Å². The van der Waals surface area contributed by atoms with Crippen LogP contribution in [0.15, 0.2) is 29.2 Å². The third kappa shape index (κ3) is 5.49. The second kappa shape index (κ2) is 8.46. The van der Waals surface area contributed by atoms with Crippen molar-refractivity contribution in [1.29, 1.82) is 0 Å². The largest absolute Gasteiger partial charge is 0.254 e. The maximum atomic E-state index is 12.1. The van der Waals surface area contributed by atoms with Crippen molar-refractivity contribution in [2.45, 2.75) is 57.3 Å². The van der Waals surface area contributed by atoms with Crippen molar-refractivity contribution in [1.82, 2.24) is 0 Å². The van der Waals surface area contributed by atoms with Crippen LogP contribution in [0.2, 0.25) is 0 Å². The minimum absolute atomic E-state index is 0.801. The van der Waals surface area contributed by atoms with Crippen molar-refractivity contribution in [3.8, 4) is 0 Å². The van der Waals surface area contributed by atoms with Gasteiger partial charge in [-0.05, 0) is 37.0 Å². The molecule has 17 heavy (non-hydrogen) atoms. The van der Waals surface area contributed by atoms with E-state index < -0.39 is 10.8 Å². The molecule has 0 saturated carbocycles. The first-order valence-corrected chi connectivity index (χ1v) is 8.07. The van der Waals surface area contributed by atoms with E-state index in [-0.39, 0.29) is 0 Å². The van der Waals surface area contributed by atoms with Gasteiger partial charge >= 0.3 is 0 Å². The number of hydrogen-bond acceptors (Lipinski definition) is 1. The Hall–Kier alpha value is -0.630. The summed E-state index contributed by atoms with van der Waals surface area (Å²) in [5.41, 5.74) is 1.33. The number of unbranched alkanes of at least 4 members (excludes halogenated alkanes) is 3. The van der Waals surface area contributed by atoms with E-state index in [0.29, 0.717) is 0 Å². The van der Waals surface area contributed by atoms with Crippen molar-refractivity contribution in [3.63, 3.8) is 0 Å². The van der Waals surface area contributed by atoms with Gasteiger partial charge in [0.1, 0.15) is 0 Å². The highest BCUT2D eigenvalue weighted by Crippen LogP contribution is 2.13. The van der Waals surface area contributed by atoms with Gasteiger partial charge in [-0.3, -0.25) is 4.21 Å². The van der Waals surface area contributed by atoms with Gasteiger partial charge in [-0.1, -0.05) is 45.2 Å². The molecule has 1 atom stereocenters. The van der Waals surface area contributed by atoms with Gasteiger partial charge in [0, 0.05) is 10.6 Å². The van der Waals surface area contributed by atoms with Gasteiger partial charge in [-0.2, -0.15) is 0 Å². The zero-order chi connectivity index (χ0) is 12.5. The van der Waals surface area contributed by atoms with Crippen LogP contribution in [-0.4, -0.2) is 9.96 Å². The van der Waals surface area contributed by atoms with Crippen LogP contribution in [0, 0.1) is 0 Å². The van der Waals surface area contributed by atoms with Crippen molar-refractivity contribution in [2.75, 3.05) is 5.75 Å². The smallest absolute Gasteiger partial charge is 0.0529 e. The molecule has 0 saturated heterocycles. The summed E-state index contributed by atoms with van der Waals surface area (Å²) >= 11 is 0. The first kappa shape index (κ1) is 14.4. The van der Waals surface area contributed by atoms with Crippen LogP contribution >= 0.6 is 0 Å². The Morgan fingerprint density at radius 1 is 1.06 bits per heavy atom. The SMILES string of the molecule is CCCCCS(=O)c1cccc(CCCC)c1. The third-order valence-electron chi connectivity index (χ3n) is 2.91. The molecule has 0 aliphatic heterocycles. The lowest BCUT2D eigenvalue weighted by molar-refractivity contribution is 0.676. The lowest BCUT2D eigenvalue weighted by Crippen LogP contribution is -1.99. The average molecular weight is 252 g/mol. The summed E-state index contributed by atoms with van der Waals surface area (Å²) in [5, 5.41) is 0. The quantitative estimate of drug-likeness (QED) is 0.629. The molecular formula is C15H24OS. The molecule has 96 valence electrons. The van der Waals surface area contributed by atoms with E-state index in [1.165, 1.54) is 31.2 Å². The van der Waals surface area contributed by atoms with Crippen LogP contribution in [0.5, 0.6) is 0 Å². The van der Waals surface area contributed by atoms with Crippen LogP contribution in [0.3, 0.4) is 0 Å². The molecule has 1 rings (SSSR count). The van der Waals surface area contributed by atoms with E-state index in [9.17, 15) is 4.21 Å². The predicted molar refractivity (Wildman–Crippen MR) is 75.9 cm³/mol. The third-order valence-corrected chi connectivity index (χ3v) is 4.35. The summed E-state index contributed by atoms with van der Waals surface area (Å²) in [4.78, 5) is 1.01. The summed E-state index contributed by atoms with van der Waals surface area (Å²) in [6, 6.07) is 8.30. The molecule has 1 aromatic rings. The highest BCUT2D eigenvalue weighted by atomic mass is 32.2. The highest BCUT2D eigenvalue weighted by molar-refractivity contribution is 7.85. The van der Waals surface area contributed by atoms with Crippen LogP contribution in [0.4, 0.5) is 0 Å². The van der Waals surface area contributed by atoms with Crippen LogP contribution in [-0.2, 0) is 17.2 Å². The number of benzene rings is 1. The fourth-order valence-corrected chi connectivity index (χ4v) is 3.04. The van der Waals surface area contributed by atoms with Gasteiger partial charge in [-0.15, -0.1) is 0 Å². The molecule has 0 radical (unpaired) electrons. The molecule has 0 aliphatic carbocycles. The highest BCUT2D eigenvalue weighted by Gasteiger charge is 2.04. The predicted octanol–water partition coefficient (Wildman–Crippen LogP) is 4.33. The van der Waals surface area contributed by atoms with Gasteiger partial charge in [0.15, 0.2) is 0 Å². The average Bonchev–Trinajstić information content (AvgIpc) is 2.37. The Kier molecular flexibility index (Phi) is 7.18. The summed E-state index contributed by atoms with van der Waals surface area (Å²) in [5.74, 6) is 0.811. The Bertz CT molecular complexity index is 347. The monoisotopic (exact) mass is 252 g/mol. The Morgan fingerprint density at radius 2 is 1.82 bits per heavy atom. The molecule has 0 aliphatic rings. The zero-order valence-electron chi connectivity index (χ0n) is 11.1. The van der Waals surface area contributed by atoms with E-state index in [1.807, 2.05) is 12.1 Å². The van der Waals surface area contributed by atoms with E-state index in [0.717, 1.165) is 23.5 Å². The zero-order valence-corrected chi connectivity index (χ0v) is 11.9. The molecule has 2 heteroatoms. The molecular weight excluding hydrogens is 228 g/mol. The lowest BCUT2D eigenvalue weighted by Gasteiger charge is -2.05. The fourth-order valence-electron chi connectivity index (χ4n) is 1.82. The van der Waals surface area contributed by atoms with Crippen LogP contribution in [0.25, 0.3) is 0 Å². The minimum Gasteiger partial charge on any atom is -0.254 e. The first-order valence-electron chi connectivity index (χ1n) is 6.75. The van der Waals surface area contributed by atoms with Crippen molar-refractivity contribution in [2.24, 2.45) is 0 Å². The maximum absolute atomic E-state index is 12.1. The normalized spacial score (nSPS) is 12.6. The Morgan fingerprint density at radius 3 is 2.53 bits per heavy atom. The van der Waals surface area contributed by atoms with Gasteiger partial charge < -0.3 is 0 Å². The molecule has 1 aromatic carbocycles. The molecule has 0 fully saturated rings. The second-order valence-corrected chi connectivity index (χ2v) is 6.08. The van der Waals surface area contributed by atoms with E-state index in [4.69, 9.17) is 0 Å². The summed E-state index contributed by atoms with van der Waals surface area (Å²) < 4.78 is 12.1. The minimum atomic E-state index is -0.801. The number of hydrogen-bond donors (Lipinski definition) is 0. The molecule has 1 nitrogen and oxygen atoms in total. The Balaban J connectivity index is 2.54. The standard InChI is InChI=1S/C15H24OS/c1-3-5-7-12-17(16)15-11-8-10-14(13-15)9-6-4-2/h8,10-11,13H,3-7,9,12H2,1-2H3. The second-order valence-electron chi connectivity index (χ2n) is 4.51. The van der Waals surface area contributed by atoms with Crippen LogP contribution < -0.4 is 0 Å². The summed E-state index contributed by atoms with van der Waals surface area (Å²) in [7, 11) is -0.801. The first-order chi connectivity index (χ1) is 8.27. The van der Waals surface area contributed by atoms with Crippen molar-refractivity contribution in [3.05, 3.63) is 29.8 Å². The molecule has 0 amide bonds. The van der Waals surface area contributed by atoms with E-state index in [2.05, 4.69) is 26.0 Å². The molecule has 1 unspecified atom stereocenters. The Labute approximate surface area is 108 Å². The van der Waals surface area contributed by atoms with E-state index in [1.54, 1.807) is 0 Å². The lowest BCUT2D eigenvalue weighted by atomic mass is 10.1. The van der Waals surface area contributed by atoms with Crippen molar-refractivity contribution < 1.29 is 4.21 Å². The molecule has 0 spiro atoms. The van der Waals surface area contributed by atoms with Gasteiger partial charge in [0.25, 0.3) is 0 Å². The summed E-state index contributed by atoms with van der Waals surface area (Å²) in [6.45, 7) is 4.38. The van der Waals surface area contributed by atoms with Crippen LogP contribution in [0.1, 0.15) is 51.5 Å². The van der Waals surface area contributed by atoms with Gasteiger partial charge in [0.05, 0.1) is 10.8 Å². The molecule has 0 aromatic heterocycles. The van der Waals surface area contributed by atoms with Gasteiger partial charge in [0.2, 0.25) is 0 Å². The van der Waals surface area contributed by atoms with E-state index >= 15 is 0 Å². The number of aryl methyl sites for hydroxylation is 1. The number of rotatable bonds is 8. The molecule has 0 N–H and O–H groups in total. The van der Waals surface area contributed by atoms with Crippen molar-refractivity contribution >= 4 is 10.8 Å². The molecule has 0 bridgehead atoms. The fraction of sp³-hybridized carbons (Fsp3) is 0.600. The maximum Gasteiger partial charge on any atom is 0.0529 e. The topological polar surface area (TPSA) is 17.1 Å². The summed E-state index contributed by atoms with van der Waals surface area (Å²) in [6.07, 6.45) is 6.98.